The lowest BCUT2D eigenvalue weighted by atomic mass is 10.1. The molecule has 1 heterocycles. The number of oxime groups is 1. The molecule has 2 rings (SSSR count). The van der Waals surface area contributed by atoms with Crippen molar-refractivity contribution >= 4 is 21.8 Å². The fourth-order valence-electron chi connectivity index (χ4n) is 1.65. The van der Waals surface area contributed by atoms with Crippen molar-refractivity contribution in [1.82, 2.24) is 9.55 Å². The summed E-state index contributed by atoms with van der Waals surface area (Å²) >= 11 is 3.39. The number of benzene rings is 1. The molecule has 0 aliphatic rings. The Kier molecular flexibility index (Phi) is 3.14. The smallest absolute Gasteiger partial charge is 0.173 e. The van der Waals surface area contributed by atoms with Crippen LogP contribution in [0.5, 0.6) is 0 Å². The molecule has 0 saturated heterocycles. The van der Waals surface area contributed by atoms with Gasteiger partial charge in [0, 0.05) is 16.9 Å². The molecule has 6 heteroatoms. The van der Waals surface area contributed by atoms with Crippen LogP contribution in [0.25, 0.3) is 5.69 Å². The molecule has 17 heavy (non-hydrogen) atoms. The van der Waals surface area contributed by atoms with Crippen LogP contribution < -0.4 is 5.73 Å². The van der Waals surface area contributed by atoms with Gasteiger partial charge in [-0.15, -0.1) is 0 Å². The highest BCUT2D eigenvalue weighted by Gasteiger charge is 2.13. The standard InChI is InChI=1S/C11H11BrN4O/c1-7-14-5-6-16(7)9-4-2-3-8(12)10(9)11(13)15-17/h2-6,17H,1H3,(H2,13,15). The van der Waals surface area contributed by atoms with Crippen molar-refractivity contribution in [3.63, 3.8) is 0 Å². The van der Waals surface area contributed by atoms with E-state index in [-0.39, 0.29) is 5.84 Å². The zero-order valence-corrected chi connectivity index (χ0v) is 10.7. The Morgan fingerprint density at radius 3 is 2.88 bits per heavy atom. The van der Waals surface area contributed by atoms with Crippen molar-refractivity contribution in [3.8, 4) is 5.69 Å². The maximum Gasteiger partial charge on any atom is 0.173 e. The number of halogens is 1. The van der Waals surface area contributed by atoms with E-state index in [0.29, 0.717) is 5.56 Å². The van der Waals surface area contributed by atoms with Crippen LogP contribution in [0, 0.1) is 6.92 Å². The number of aromatic nitrogens is 2. The Morgan fingerprint density at radius 2 is 2.29 bits per heavy atom. The topological polar surface area (TPSA) is 76.4 Å². The second kappa shape index (κ2) is 4.58. The molecular formula is C11H11BrN4O. The second-order valence-corrected chi connectivity index (χ2v) is 4.32. The molecule has 0 aliphatic heterocycles. The number of nitrogens with zero attached hydrogens (tertiary/aromatic N) is 3. The van der Waals surface area contributed by atoms with Gasteiger partial charge in [0.15, 0.2) is 5.84 Å². The van der Waals surface area contributed by atoms with Crippen LogP contribution in [0.4, 0.5) is 0 Å². The molecular weight excluding hydrogens is 284 g/mol. The van der Waals surface area contributed by atoms with Crippen LogP contribution in [0.3, 0.4) is 0 Å². The number of imidazole rings is 1. The lowest BCUT2D eigenvalue weighted by Crippen LogP contribution is -2.17. The van der Waals surface area contributed by atoms with Gasteiger partial charge in [0.05, 0.1) is 11.3 Å². The van der Waals surface area contributed by atoms with Gasteiger partial charge in [0.25, 0.3) is 0 Å². The van der Waals surface area contributed by atoms with Gasteiger partial charge in [0.2, 0.25) is 0 Å². The molecule has 0 atom stereocenters. The largest absolute Gasteiger partial charge is 0.409 e. The number of nitrogens with two attached hydrogens (primary N) is 1. The Bertz CT molecular complexity index is 577. The van der Waals surface area contributed by atoms with E-state index in [1.54, 1.807) is 6.20 Å². The quantitative estimate of drug-likeness (QED) is 0.385. The minimum atomic E-state index is 0.0561. The van der Waals surface area contributed by atoms with Gasteiger partial charge in [-0.25, -0.2) is 4.98 Å². The highest BCUT2D eigenvalue weighted by molar-refractivity contribution is 9.10. The Labute approximate surface area is 107 Å². The van der Waals surface area contributed by atoms with E-state index in [0.717, 1.165) is 16.0 Å². The summed E-state index contributed by atoms with van der Waals surface area (Å²) in [6.07, 6.45) is 3.53. The average Bonchev–Trinajstić information content (AvgIpc) is 2.74. The van der Waals surface area contributed by atoms with Crippen molar-refractivity contribution in [3.05, 3.63) is 46.5 Å². The number of rotatable bonds is 2. The Morgan fingerprint density at radius 1 is 1.53 bits per heavy atom. The van der Waals surface area contributed by atoms with Crippen molar-refractivity contribution in [2.24, 2.45) is 10.9 Å². The lowest BCUT2D eigenvalue weighted by Gasteiger charge is -2.12. The van der Waals surface area contributed by atoms with E-state index in [9.17, 15) is 0 Å². The van der Waals surface area contributed by atoms with Crippen LogP contribution in [0.1, 0.15) is 11.4 Å². The molecule has 3 N–H and O–H groups in total. The molecule has 2 aromatic rings. The first-order valence-corrected chi connectivity index (χ1v) is 5.71. The van der Waals surface area contributed by atoms with E-state index in [4.69, 9.17) is 10.9 Å². The summed E-state index contributed by atoms with van der Waals surface area (Å²) in [5.41, 5.74) is 7.13. The maximum absolute atomic E-state index is 8.82. The van der Waals surface area contributed by atoms with Crippen LogP contribution in [0.2, 0.25) is 0 Å². The third-order valence-corrected chi connectivity index (χ3v) is 3.10. The minimum Gasteiger partial charge on any atom is -0.409 e. The molecule has 0 fully saturated rings. The molecule has 0 unspecified atom stereocenters. The maximum atomic E-state index is 8.82. The monoisotopic (exact) mass is 294 g/mol. The van der Waals surface area contributed by atoms with E-state index < -0.39 is 0 Å². The van der Waals surface area contributed by atoms with E-state index in [1.165, 1.54) is 0 Å². The minimum absolute atomic E-state index is 0.0561. The third-order valence-electron chi connectivity index (χ3n) is 2.44. The average molecular weight is 295 g/mol. The molecule has 0 amide bonds. The first kappa shape index (κ1) is 11.7. The highest BCUT2D eigenvalue weighted by atomic mass is 79.9. The van der Waals surface area contributed by atoms with Crippen LogP contribution >= 0.6 is 15.9 Å². The SMILES string of the molecule is Cc1nccn1-c1cccc(Br)c1/C(N)=N/O. The first-order chi connectivity index (χ1) is 8.15. The summed E-state index contributed by atoms with van der Waals surface area (Å²) in [6.45, 7) is 1.89. The second-order valence-electron chi connectivity index (χ2n) is 3.46. The lowest BCUT2D eigenvalue weighted by molar-refractivity contribution is 0.318. The summed E-state index contributed by atoms with van der Waals surface area (Å²) in [7, 11) is 0. The van der Waals surface area contributed by atoms with Crippen molar-refractivity contribution < 1.29 is 5.21 Å². The van der Waals surface area contributed by atoms with Gasteiger partial charge >= 0.3 is 0 Å². The molecule has 1 aromatic heterocycles. The van der Waals surface area contributed by atoms with Crippen LogP contribution in [0.15, 0.2) is 40.2 Å². The number of aryl methyl sites for hydroxylation is 1. The fraction of sp³-hybridized carbons (Fsp3) is 0.0909. The molecule has 0 bridgehead atoms. The molecule has 0 radical (unpaired) electrons. The van der Waals surface area contributed by atoms with Gasteiger partial charge in [-0.05, 0) is 35.0 Å². The van der Waals surface area contributed by atoms with Gasteiger partial charge in [-0.3, -0.25) is 0 Å². The molecule has 0 spiro atoms. The summed E-state index contributed by atoms with van der Waals surface area (Å²) in [5, 5.41) is 11.9. The van der Waals surface area contributed by atoms with E-state index in [1.807, 2.05) is 35.9 Å². The fourth-order valence-corrected chi connectivity index (χ4v) is 2.21. The van der Waals surface area contributed by atoms with Gasteiger partial charge < -0.3 is 15.5 Å². The zero-order valence-electron chi connectivity index (χ0n) is 9.13. The molecule has 1 aromatic carbocycles. The summed E-state index contributed by atoms with van der Waals surface area (Å²) in [4.78, 5) is 4.15. The number of hydrogen-bond acceptors (Lipinski definition) is 3. The van der Waals surface area contributed by atoms with Gasteiger partial charge in [0.1, 0.15) is 5.82 Å². The Balaban J connectivity index is 2.71. The number of hydrogen-bond donors (Lipinski definition) is 2. The summed E-state index contributed by atoms with van der Waals surface area (Å²) in [5.74, 6) is 0.885. The normalized spacial score (nSPS) is 11.8. The van der Waals surface area contributed by atoms with E-state index >= 15 is 0 Å². The van der Waals surface area contributed by atoms with Crippen molar-refractivity contribution in [2.75, 3.05) is 0 Å². The van der Waals surface area contributed by atoms with Crippen molar-refractivity contribution in [1.29, 1.82) is 0 Å². The number of amidine groups is 1. The Hall–Kier alpha value is -1.82. The zero-order chi connectivity index (χ0) is 12.4. The third kappa shape index (κ3) is 2.03. The highest BCUT2D eigenvalue weighted by Crippen LogP contribution is 2.24. The van der Waals surface area contributed by atoms with Gasteiger partial charge in [-0.1, -0.05) is 11.2 Å². The molecule has 88 valence electrons. The summed E-state index contributed by atoms with van der Waals surface area (Å²) < 4.78 is 2.64. The first-order valence-electron chi connectivity index (χ1n) is 4.92. The predicted octanol–water partition coefficient (Wildman–Crippen LogP) is 2.04. The molecule has 0 aliphatic carbocycles. The van der Waals surface area contributed by atoms with E-state index in [2.05, 4.69) is 26.1 Å². The molecule has 0 saturated carbocycles. The van der Waals surface area contributed by atoms with Crippen molar-refractivity contribution in [2.45, 2.75) is 6.92 Å². The van der Waals surface area contributed by atoms with Crippen LogP contribution in [-0.2, 0) is 0 Å². The van der Waals surface area contributed by atoms with Crippen LogP contribution in [-0.4, -0.2) is 20.6 Å². The van der Waals surface area contributed by atoms with Gasteiger partial charge in [-0.2, -0.15) is 0 Å². The summed E-state index contributed by atoms with van der Waals surface area (Å²) in [6, 6.07) is 5.60. The predicted molar refractivity (Wildman–Crippen MR) is 68.5 cm³/mol. The molecule has 5 nitrogen and oxygen atoms in total.